The molecule has 2 heterocycles. The standard InChI is InChI=1S/C21H18F3N3O4/c1-11-9-26(5-4-25-11)17-8-18-19(7-15(17)24)31-21(30)13(20(28)29)10-27(18)16-3-2-12(22)6-14(16)23/h2-3,6-8,10-11,25H,4-5,9H2,1H3,(H,28,29). The second-order valence-electron chi connectivity index (χ2n) is 7.28. The molecule has 7 nitrogen and oxygen atoms in total. The van der Waals surface area contributed by atoms with Gasteiger partial charge in [0, 0.05) is 44.0 Å². The Bertz CT molecular complexity index is 1110. The first kappa shape index (κ1) is 20.7. The molecule has 10 heteroatoms. The molecule has 2 aliphatic rings. The zero-order valence-corrected chi connectivity index (χ0v) is 16.4. The maximum atomic E-state index is 14.9. The lowest BCUT2D eigenvalue weighted by molar-refractivity contribution is -0.138. The lowest BCUT2D eigenvalue weighted by Crippen LogP contribution is -2.49. The summed E-state index contributed by atoms with van der Waals surface area (Å²) in [6.07, 6.45) is 0.884. The number of anilines is 3. The molecular formula is C21H18F3N3O4. The summed E-state index contributed by atoms with van der Waals surface area (Å²) < 4.78 is 48.1. The number of nitrogens with one attached hydrogen (secondary N) is 1. The van der Waals surface area contributed by atoms with E-state index in [1.807, 2.05) is 6.92 Å². The van der Waals surface area contributed by atoms with Crippen molar-refractivity contribution in [2.75, 3.05) is 29.4 Å². The van der Waals surface area contributed by atoms with E-state index in [4.69, 9.17) is 4.74 Å². The van der Waals surface area contributed by atoms with E-state index in [0.29, 0.717) is 25.7 Å². The van der Waals surface area contributed by atoms with Crippen molar-refractivity contribution in [3.8, 4) is 5.75 Å². The van der Waals surface area contributed by atoms with Gasteiger partial charge < -0.3 is 25.0 Å². The van der Waals surface area contributed by atoms with Crippen molar-refractivity contribution in [2.45, 2.75) is 13.0 Å². The molecule has 1 fully saturated rings. The van der Waals surface area contributed by atoms with E-state index in [1.165, 1.54) is 6.07 Å². The largest absolute Gasteiger partial charge is 0.477 e. The van der Waals surface area contributed by atoms with E-state index < -0.39 is 35.0 Å². The molecule has 162 valence electrons. The van der Waals surface area contributed by atoms with Crippen molar-refractivity contribution in [1.29, 1.82) is 0 Å². The molecule has 0 saturated carbocycles. The average molecular weight is 433 g/mol. The molecule has 0 aromatic heterocycles. The van der Waals surface area contributed by atoms with Crippen molar-refractivity contribution in [3.05, 3.63) is 59.6 Å². The molecule has 4 rings (SSSR count). The molecule has 0 amide bonds. The summed E-state index contributed by atoms with van der Waals surface area (Å²) >= 11 is 0. The summed E-state index contributed by atoms with van der Waals surface area (Å²) in [7, 11) is 0. The van der Waals surface area contributed by atoms with Crippen LogP contribution >= 0.6 is 0 Å². The van der Waals surface area contributed by atoms with Gasteiger partial charge in [-0.15, -0.1) is 0 Å². The summed E-state index contributed by atoms with van der Waals surface area (Å²) in [6.45, 7) is 3.56. The molecule has 2 N–H and O–H groups in total. The number of piperazine rings is 1. The smallest absolute Gasteiger partial charge is 0.352 e. The molecular weight excluding hydrogens is 415 g/mol. The predicted octanol–water partition coefficient (Wildman–Crippen LogP) is 2.93. The van der Waals surface area contributed by atoms with Crippen LogP contribution < -0.4 is 19.9 Å². The maximum Gasteiger partial charge on any atom is 0.352 e. The highest BCUT2D eigenvalue weighted by Crippen LogP contribution is 2.42. The third kappa shape index (κ3) is 3.93. The molecule has 2 aromatic carbocycles. The number of ether oxygens (including phenoxy) is 1. The number of carbonyl (C=O) groups excluding carboxylic acids is 1. The van der Waals surface area contributed by atoms with E-state index >= 15 is 0 Å². The van der Waals surface area contributed by atoms with E-state index in [1.54, 1.807) is 4.90 Å². The number of hydrogen-bond donors (Lipinski definition) is 2. The number of esters is 1. The van der Waals surface area contributed by atoms with E-state index in [2.05, 4.69) is 5.32 Å². The molecule has 0 aliphatic carbocycles. The fourth-order valence-electron chi connectivity index (χ4n) is 3.62. The molecule has 31 heavy (non-hydrogen) atoms. The van der Waals surface area contributed by atoms with Crippen molar-refractivity contribution in [1.82, 2.24) is 5.32 Å². The summed E-state index contributed by atoms with van der Waals surface area (Å²) in [5.74, 6) is -5.64. The Morgan fingerprint density at radius 2 is 1.87 bits per heavy atom. The third-order valence-corrected chi connectivity index (χ3v) is 5.08. The molecule has 2 aromatic rings. The number of hydrogen-bond acceptors (Lipinski definition) is 6. The molecule has 2 aliphatic heterocycles. The van der Waals surface area contributed by atoms with Gasteiger partial charge in [-0.1, -0.05) is 0 Å². The van der Waals surface area contributed by atoms with Gasteiger partial charge in [-0.25, -0.2) is 22.8 Å². The number of aliphatic carboxylic acids is 1. The number of benzene rings is 2. The van der Waals surface area contributed by atoms with Gasteiger partial charge in [-0.2, -0.15) is 0 Å². The SMILES string of the molecule is CC1CN(c2cc3c(cc2F)OC(=O)C(C(=O)O)=CN3c2ccc(F)cc2F)CCN1. The number of halogens is 3. The number of carboxylic acids is 1. The topological polar surface area (TPSA) is 82.1 Å². The number of fused-ring (bicyclic) bond motifs is 1. The summed E-state index contributed by atoms with van der Waals surface area (Å²) in [5, 5.41) is 12.6. The van der Waals surface area contributed by atoms with Crippen LogP contribution in [-0.2, 0) is 9.59 Å². The average Bonchev–Trinajstić information content (AvgIpc) is 2.83. The minimum absolute atomic E-state index is 0.0395. The minimum Gasteiger partial charge on any atom is -0.477 e. The fourth-order valence-corrected chi connectivity index (χ4v) is 3.62. The zero-order valence-electron chi connectivity index (χ0n) is 16.4. The molecule has 1 saturated heterocycles. The number of nitrogens with zero attached hydrogens (tertiary/aromatic N) is 2. The van der Waals surface area contributed by atoms with E-state index in [0.717, 1.165) is 29.3 Å². The second kappa shape index (κ2) is 7.95. The van der Waals surface area contributed by atoms with Crippen molar-refractivity contribution in [2.24, 2.45) is 0 Å². The van der Waals surface area contributed by atoms with Crippen LogP contribution in [0, 0.1) is 17.5 Å². The van der Waals surface area contributed by atoms with Gasteiger partial charge in [-0.05, 0) is 25.1 Å². The Morgan fingerprint density at radius 1 is 1.13 bits per heavy atom. The van der Waals surface area contributed by atoms with Gasteiger partial charge in [0.05, 0.1) is 17.1 Å². The Morgan fingerprint density at radius 3 is 2.55 bits per heavy atom. The zero-order chi connectivity index (χ0) is 22.3. The first-order valence-electron chi connectivity index (χ1n) is 9.48. The third-order valence-electron chi connectivity index (χ3n) is 5.08. The monoisotopic (exact) mass is 433 g/mol. The number of rotatable bonds is 3. The Labute approximate surface area is 175 Å². The molecule has 0 radical (unpaired) electrons. The lowest BCUT2D eigenvalue weighted by atomic mass is 10.1. The van der Waals surface area contributed by atoms with Gasteiger partial charge in [-0.3, -0.25) is 0 Å². The highest BCUT2D eigenvalue weighted by Gasteiger charge is 2.31. The number of carboxylic acid groups (broad SMARTS) is 1. The van der Waals surface area contributed by atoms with Crippen LogP contribution in [0.4, 0.5) is 30.2 Å². The van der Waals surface area contributed by atoms with Crippen LogP contribution in [0.1, 0.15) is 6.92 Å². The summed E-state index contributed by atoms with van der Waals surface area (Å²) in [4.78, 5) is 26.7. The highest BCUT2D eigenvalue weighted by atomic mass is 19.1. The van der Waals surface area contributed by atoms with Crippen molar-refractivity contribution >= 4 is 29.0 Å². The minimum atomic E-state index is -1.61. The van der Waals surface area contributed by atoms with Crippen LogP contribution in [0.5, 0.6) is 5.75 Å². The van der Waals surface area contributed by atoms with Gasteiger partial charge in [0.25, 0.3) is 0 Å². The second-order valence-corrected chi connectivity index (χ2v) is 7.28. The van der Waals surface area contributed by atoms with Crippen LogP contribution in [-0.4, -0.2) is 42.7 Å². The van der Waals surface area contributed by atoms with Gasteiger partial charge in [0.2, 0.25) is 0 Å². The fraction of sp³-hybridized carbons (Fsp3) is 0.238. The van der Waals surface area contributed by atoms with Gasteiger partial charge in [0.15, 0.2) is 11.3 Å². The van der Waals surface area contributed by atoms with Crippen LogP contribution in [0.15, 0.2) is 42.1 Å². The summed E-state index contributed by atoms with van der Waals surface area (Å²) in [5.41, 5.74) is -0.802. The number of carbonyl (C=O) groups is 2. The lowest BCUT2D eigenvalue weighted by Gasteiger charge is -2.34. The molecule has 1 unspecified atom stereocenters. The quantitative estimate of drug-likeness (QED) is 0.438. The van der Waals surface area contributed by atoms with Crippen LogP contribution in [0.25, 0.3) is 0 Å². The molecule has 0 spiro atoms. The van der Waals surface area contributed by atoms with E-state index in [9.17, 15) is 27.9 Å². The predicted molar refractivity (Wildman–Crippen MR) is 106 cm³/mol. The van der Waals surface area contributed by atoms with Crippen LogP contribution in [0.3, 0.4) is 0 Å². The molecule has 1 atom stereocenters. The van der Waals surface area contributed by atoms with Crippen LogP contribution in [0.2, 0.25) is 0 Å². The first-order chi connectivity index (χ1) is 14.7. The van der Waals surface area contributed by atoms with E-state index in [-0.39, 0.29) is 28.9 Å². The Hall–Kier alpha value is -3.53. The van der Waals surface area contributed by atoms with Crippen molar-refractivity contribution in [3.63, 3.8) is 0 Å². The Balaban J connectivity index is 1.91. The normalized spacial score (nSPS) is 18.8. The Kier molecular flexibility index (Phi) is 5.32. The van der Waals surface area contributed by atoms with Gasteiger partial charge in [0.1, 0.15) is 17.5 Å². The van der Waals surface area contributed by atoms with Crippen molar-refractivity contribution < 1.29 is 32.6 Å². The first-order valence-corrected chi connectivity index (χ1v) is 9.48. The molecule has 0 bridgehead atoms. The van der Waals surface area contributed by atoms with Gasteiger partial charge >= 0.3 is 11.9 Å². The summed E-state index contributed by atoms with van der Waals surface area (Å²) in [6, 6.07) is 5.12. The highest BCUT2D eigenvalue weighted by molar-refractivity contribution is 6.15. The maximum absolute atomic E-state index is 14.9.